The summed E-state index contributed by atoms with van der Waals surface area (Å²) in [6, 6.07) is -0.171. The van der Waals surface area contributed by atoms with Gasteiger partial charge in [-0.1, -0.05) is 11.6 Å². The van der Waals surface area contributed by atoms with E-state index >= 15 is 0 Å². The highest BCUT2D eigenvalue weighted by Crippen LogP contribution is 2.32. The fourth-order valence-electron chi connectivity index (χ4n) is 4.44. The second kappa shape index (κ2) is 14.8. The number of carbonyl (C=O) groups excluding carboxylic acids is 2. The molecule has 0 bridgehead atoms. The van der Waals surface area contributed by atoms with E-state index in [9.17, 15) is 31.5 Å². The van der Waals surface area contributed by atoms with E-state index < -0.39 is 35.9 Å². The van der Waals surface area contributed by atoms with Crippen LogP contribution in [0, 0.1) is 12.8 Å². The average molecular weight is 632 g/mol. The predicted molar refractivity (Wildman–Crippen MR) is 146 cm³/mol. The molecule has 2 aliphatic rings. The number of imidazole rings is 1. The molecule has 3 aromatic rings. The summed E-state index contributed by atoms with van der Waals surface area (Å²) in [6.45, 7) is 1.69. The predicted octanol–water partition coefficient (Wildman–Crippen LogP) is 2.24. The number of carbonyl (C=O) groups is 2. The zero-order valence-corrected chi connectivity index (χ0v) is 24.0. The highest BCUT2D eigenvalue weighted by atomic mass is 19.4. The number of nitrogens with zero attached hydrogens (tertiary/aromatic N) is 7. The van der Waals surface area contributed by atoms with Crippen LogP contribution in [-0.4, -0.2) is 73.4 Å². The SMILES string of the molecule is CN(N)/N=C\N.Cc1nonc1C(=O)NCc1cn2ncc(CC3CC(C(F)(F)F)NC3=O)cc2n1.FC1(F)CCCCC1. The van der Waals surface area contributed by atoms with Crippen molar-refractivity contribution in [2.45, 2.75) is 76.6 Å². The lowest BCUT2D eigenvalue weighted by molar-refractivity contribution is -0.154. The van der Waals surface area contributed by atoms with Crippen LogP contribution in [-0.2, 0) is 17.8 Å². The molecule has 2 fully saturated rings. The molecule has 0 aromatic carbocycles. The molecule has 19 heteroatoms. The van der Waals surface area contributed by atoms with Crippen LogP contribution in [0.15, 0.2) is 28.2 Å². The van der Waals surface area contributed by atoms with Gasteiger partial charge in [-0.3, -0.25) is 9.59 Å². The number of hydrazone groups is 1. The minimum atomic E-state index is -4.46. The highest BCUT2D eigenvalue weighted by Gasteiger charge is 2.47. The van der Waals surface area contributed by atoms with Crippen molar-refractivity contribution in [1.82, 2.24) is 40.7 Å². The number of alkyl halides is 5. The molecule has 2 amide bonds. The van der Waals surface area contributed by atoms with E-state index in [1.54, 1.807) is 26.2 Å². The summed E-state index contributed by atoms with van der Waals surface area (Å²) in [6.07, 6.45) is 2.23. The van der Waals surface area contributed by atoms with Gasteiger partial charge in [-0.15, -0.1) is 0 Å². The van der Waals surface area contributed by atoms with Gasteiger partial charge in [0.15, 0.2) is 11.3 Å². The van der Waals surface area contributed by atoms with E-state index in [0.29, 0.717) is 35.4 Å². The smallest absolute Gasteiger partial charge is 0.388 e. The summed E-state index contributed by atoms with van der Waals surface area (Å²) in [4.78, 5) is 28.3. The number of nitrogens with one attached hydrogen (secondary N) is 2. The number of aromatic nitrogens is 5. The first-order valence-electron chi connectivity index (χ1n) is 13.6. The minimum Gasteiger partial charge on any atom is -0.388 e. The standard InChI is InChI=1S/C17H16F3N7O3.C6H10F2.C2H8N4/c1-8-14(26-30-25-8)16(29)21-6-11-7-27-13(23-11)3-9(5-22-27)2-10-4-12(17(18,19)20)24-15(10)28;7-6(8)4-2-1-3-5-6;1-6(4)5-2-3/h3,5,7,10,12H,2,4,6H2,1H3,(H,21,29)(H,24,28);1-5H2;2H,4H2,1H3,(H2,3,5). The van der Waals surface area contributed by atoms with E-state index in [0.717, 1.165) is 17.9 Å². The molecule has 2 atom stereocenters. The number of halogens is 5. The summed E-state index contributed by atoms with van der Waals surface area (Å²) in [7, 11) is 1.59. The molecular weight excluding hydrogens is 597 g/mol. The number of hydrogen-bond donors (Lipinski definition) is 4. The van der Waals surface area contributed by atoms with Gasteiger partial charge in [0.1, 0.15) is 18.1 Å². The van der Waals surface area contributed by atoms with Crippen molar-refractivity contribution in [2.75, 3.05) is 7.05 Å². The van der Waals surface area contributed by atoms with E-state index in [1.165, 1.54) is 10.7 Å². The lowest BCUT2D eigenvalue weighted by Crippen LogP contribution is -2.38. The molecule has 3 aromatic heterocycles. The van der Waals surface area contributed by atoms with Crippen LogP contribution in [0.4, 0.5) is 22.0 Å². The molecule has 2 unspecified atom stereocenters. The van der Waals surface area contributed by atoms with Gasteiger partial charge in [0.2, 0.25) is 11.8 Å². The monoisotopic (exact) mass is 631 g/mol. The number of fused-ring (bicyclic) bond motifs is 1. The van der Waals surface area contributed by atoms with Crippen molar-refractivity contribution in [3.05, 3.63) is 41.1 Å². The van der Waals surface area contributed by atoms with Crippen LogP contribution in [0.5, 0.6) is 0 Å². The molecule has 1 saturated carbocycles. The fourth-order valence-corrected chi connectivity index (χ4v) is 4.44. The number of nitrogens with two attached hydrogens (primary N) is 2. The third-order valence-corrected chi connectivity index (χ3v) is 6.64. The van der Waals surface area contributed by atoms with Crippen LogP contribution < -0.4 is 22.2 Å². The van der Waals surface area contributed by atoms with Crippen molar-refractivity contribution in [1.29, 1.82) is 0 Å². The Morgan fingerprint density at radius 2 is 2.00 bits per heavy atom. The van der Waals surface area contributed by atoms with E-state index in [2.05, 4.69) is 35.4 Å². The Bertz CT molecular complexity index is 1420. The summed E-state index contributed by atoms with van der Waals surface area (Å²) >= 11 is 0. The maximum atomic E-state index is 12.8. The van der Waals surface area contributed by atoms with Crippen LogP contribution >= 0.6 is 0 Å². The molecule has 6 N–H and O–H groups in total. The fraction of sp³-hybridized carbons (Fsp3) is 0.560. The number of rotatable bonds is 6. The second-order valence-corrected chi connectivity index (χ2v) is 10.3. The topological polar surface area (TPSA) is 195 Å². The maximum Gasteiger partial charge on any atom is 0.408 e. The first-order valence-corrected chi connectivity index (χ1v) is 13.6. The minimum absolute atomic E-state index is 0.0752. The highest BCUT2D eigenvalue weighted by molar-refractivity contribution is 5.92. The molecule has 1 aliphatic heterocycles. The first-order chi connectivity index (χ1) is 20.7. The Morgan fingerprint density at radius 1 is 1.30 bits per heavy atom. The van der Waals surface area contributed by atoms with Gasteiger partial charge < -0.3 is 16.4 Å². The van der Waals surface area contributed by atoms with Gasteiger partial charge in [0.25, 0.3) is 5.91 Å². The molecule has 14 nitrogen and oxygen atoms in total. The average Bonchev–Trinajstić information content (AvgIpc) is 3.65. The summed E-state index contributed by atoms with van der Waals surface area (Å²) in [5.74, 6) is 0.763. The van der Waals surface area contributed by atoms with Gasteiger partial charge in [-0.25, -0.2) is 33.9 Å². The van der Waals surface area contributed by atoms with Crippen molar-refractivity contribution >= 4 is 23.8 Å². The zero-order valence-electron chi connectivity index (χ0n) is 24.0. The van der Waals surface area contributed by atoms with Crippen molar-refractivity contribution in [3.8, 4) is 0 Å². The Balaban J connectivity index is 0.000000312. The third kappa shape index (κ3) is 10.1. The Labute approximate surface area is 248 Å². The zero-order chi connectivity index (χ0) is 32.5. The van der Waals surface area contributed by atoms with Gasteiger partial charge in [0, 0.05) is 25.8 Å². The van der Waals surface area contributed by atoms with Crippen LogP contribution in [0.2, 0.25) is 0 Å². The van der Waals surface area contributed by atoms with Gasteiger partial charge in [0.05, 0.1) is 24.6 Å². The normalized spacial score (nSPS) is 19.5. The lowest BCUT2D eigenvalue weighted by Gasteiger charge is -2.20. The van der Waals surface area contributed by atoms with Gasteiger partial charge >= 0.3 is 6.18 Å². The summed E-state index contributed by atoms with van der Waals surface area (Å²) in [5, 5.41) is 20.4. The molecule has 5 rings (SSSR count). The summed E-state index contributed by atoms with van der Waals surface area (Å²) in [5.41, 5.74) is 6.80. The van der Waals surface area contributed by atoms with Gasteiger partial charge in [-0.2, -0.15) is 23.4 Å². The maximum absolute atomic E-state index is 12.8. The first kappa shape index (κ1) is 34.1. The Morgan fingerprint density at radius 3 is 2.50 bits per heavy atom. The van der Waals surface area contributed by atoms with E-state index in [1.807, 2.05) is 5.32 Å². The molecule has 4 heterocycles. The Kier molecular flexibility index (Phi) is 11.5. The van der Waals surface area contributed by atoms with Crippen LogP contribution in [0.1, 0.15) is 66.0 Å². The number of aryl methyl sites for hydroxylation is 1. The molecule has 0 spiro atoms. The number of hydrazine groups is 1. The van der Waals surface area contributed by atoms with E-state index in [-0.39, 0.29) is 37.9 Å². The van der Waals surface area contributed by atoms with Gasteiger partial charge in [-0.05, 0) is 49.4 Å². The lowest BCUT2D eigenvalue weighted by atomic mass is 9.97. The van der Waals surface area contributed by atoms with Crippen LogP contribution in [0.25, 0.3) is 5.65 Å². The van der Waals surface area contributed by atoms with Crippen LogP contribution in [0.3, 0.4) is 0 Å². The molecule has 1 saturated heterocycles. The molecule has 1 aliphatic carbocycles. The van der Waals surface area contributed by atoms with Crippen molar-refractivity contribution in [2.24, 2.45) is 22.6 Å². The van der Waals surface area contributed by atoms with E-state index in [4.69, 9.17) is 11.6 Å². The number of hydrogen-bond acceptors (Lipinski definition) is 10. The van der Waals surface area contributed by atoms with Crippen molar-refractivity contribution in [3.63, 3.8) is 0 Å². The molecular formula is C25H34F5N11O3. The molecule has 242 valence electrons. The Hall–Kier alpha value is -4.42. The molecule has 0 radical (unpaired) electrons. The largest absolute Gasteiger partial charge is 0.408 e. The number of amides is 2. The molecule has 44 heavy (non-hydrogen) atoms. The second-order valence-electron chi connectivity index (χ2n) is 10.3. The third-order valence-electron chi connectivity index (χ3n) is 6.64. The quantitative estimate of drug-likeness (QED) is 0.103. The summed E-state index contributed by atoms with van der Waals surface area (Å²) < 4.78 is 68.8. The van der Waals surface area contributed by atoms with Crippen molar-refractivity contribution < 1.29 is 36.2 Å².